The molecule has 0 aliphatic carbocycles. The van der Waals surface area contributed by atoms with Crippen LogP contribution in [0, 0.1) is 5.82 Å². The van der Waals surface area contributed by atoms with Gasteiger partial charge in [0.05, 0.1) is 24.6 Å². The molecule has 0 fully saturated rings. The van der Waals surface area contributed by atoms with E-state index in [2.05, 4.69) is 5.32 Å². The molecule has 0 unspecified atom stereocenters. The fourth-order valence-electron chi connectivity index (χ4n) is 2.89. The number of nitrogens with one attached hydrogen (secondary N) is 1. The molecule has 0 radical (unpaired) electrons. The van der Waals surface area contributed by atoms with Crippen LogP contribution in [0.15, 0.2) is 48.5 Å². The molecule has 0 heterocycles. The quantitative estimate of drug-likeness (QED) is 0.634. The van der Waals surface area contributed by atoms with Crippen molar-refractivity contribution >= 4 is 21.6 Å². The molecule has 0 aliphatic rings. The Kier molecular flexibility index (Phi) is 8.01. The van der Waals surface area contributed by atoms with E-state index < -0.39 is 15.8 Å². The molecule has 2 aromatic carbocycles. The molecule has 29 heavy (non-hydrogen) atoms. The Morgan fingerprint density at radius 3 is 2.31 bits per heavy atom. The van der Waals surface area contributed by atoms with Crippen LogP contribution in [-0.2, 0) is 14.8 Å². The second-order valence-electron chi connectivity index (χ2n) is 6.71. The fourth-order valence-corrected chi connectivity index (χ4v) is 3.86. The topological polar surface area (TPSA) is 75.7 Å². The van der Waals surface area contributed by atoms with E-state index in [1.165, 1.54) is 28.6 Å². The van der Waals surface area contributed by atoms with Crippen molar-refractivity contribution in [3.63, 3.8) is 0 Å². The predicted octanol–water partition coefficient (Wildman–Crippen LogP) is 3.65. The summed E-state index contributed by atoms with van der Waals surface area (Å²) in [5.41, 5.74) is 1.32. The number of hydrogen-bond acceptors (Lipinski definition) is 4. The Hall–Kier alpha value is -2.61. The second-order valence-corrected chi connectivity index (χ2v) is 8.61. The number of nitrogens with zero attached hydrogens (tertiary/aromatic N) is 1. The number of rotatable bonds is 10. The summed E-state index contributed by atoms with van der Waals surface area (Å²) in [7, 11) is -3.54. The molecular weight excluding hydrogens is 395 g/mol. The minimum atomic E-state index is -3.54. The van der Waals surface area contributed by atoms with E-state index in [1.54, 1.807) is 0 Å². The monoisotopic (exact) mass is 422 g/mol. The second kappa shape index (κ2) is 10.2. The van der Waals surface area contributed by atoms with Crippen molar-refractivity contribution in [1.82, 2.24) is 5.32 Å². The maximum absolute atomic E-state index is 13.1. The van der Waals surface area contributed by atoms with Crippen molar-refractivity contribution in [2.45, 2.75) is 32.7 Å². The van der Waals surface area contributed by atoms with Gasteiger partial charge in [-0.1, -0.05) is 12.1 Å². The summed E-state index contributed by atoms with van der Waals surface area (Å²) in [6.45, 7) is 4.52. The first-order valence-electron chi connectivity index (χ1n) is 9.46. The number of hydrogen-bond donors (Lipinski definition) is 1. The Morgan fingerprint density at radius 2 is 1.76 bits per heavy atom. The Balaban J connectivity index is 1.89. The molecule has 6 nitrogen and oxygen atoms in total. The van der Waals surface area contributed by atoms with E-state index in [0.717, 1.165) is 17.6 Å². The molecule has 2 rings (SSSR count). The van der Waals surface area contributed by atoms with Crippen LogP contribution < -0.4 is 14.4 Å². The van der Waals surface area contributed by atoms with Crippen molar-refractivity contribution in [2.75, 3.05) is 23.7 Å². The van der Waals surface area contributed by atoms with Crippen LogP contribution in [0.1, 0.15) is 38.3 Å². The third-order valence-electron chi connectivity index (χ3n) is 4.35. The minimum Gasteiger partial charge on any atom is -0.494 e. The third-order valence-corrected chi connectivity index (χ3v) is 5.54. The van der Waals surface area contributed by atoms with E-state index in [1.807, 2.05) is 38.1 Å². The largest absolute Gasteiger partial charge is 0.494 e. The average molecular weight is 423 g/mol. The van der Waals surface area contributed by atoms with E-state index in [-0.39, 0.29) is 24.9 Å². The van der Waals surface area contributed by atoms with Crippen LogP contribution in [0.3, 0.4) is 0 Å². The highest BCUT2D eigenvalue weighted by molar-refractivity contribution is 7.92. The van der Waals surface area contributed by atoms with Crippen LogP contribution in [-0.4, -0.2) is 33.7 Å². The predicted molar refractivity (Wildman–Crippen MR) is 112 cm³/mol. The molecule has 1 atom stereocenters. The summed E-state index contributed by atoms with van der Waals surface area (Å²) in [6, 6.07) is 12.6. The molecule has 8 heteroatoms. The van der Waals surface area contributed by atoms with Crippen molar-refractivity contribution in [1.29, 1.82) is 0 Å². The first kappa shape index (κ1) is 22.7. The van der Waals surface area contributed by atoms with Crippen LogP contribution in [0.25, 0.3) is 0 Å². The molecular formula is C21H27FN2O4S. The van der Waals surface area contributed by atoms with Crippen molar-refractivity contribution < 1.29 is 22.3 Å². The molecule has 0 aromatic heterocycles. The number of halogens is 1. The van der Waals surface area contributed by atoms with Gasteiger partial charge in [-0.2, -0.15) is 0 Å². The lowest BCUT2D eigenvalue weighted by atomic mass is 10.1. The Morgan fingerprint density at radius 1 is 1.14 bits per heavy atom. The van der Waals surface area contributed by atoms with Gasteiger partial charge < -0.3 is 10.1 Å². The molecule has 0 saturated heterocycles. The summed E-state index contributed by atoms with van der Waals surface area (Å²) >= 11 is 0. The normalized spacial score (nSPS) is 12.3. The van der Waals surface area contributed by atoms with Gasteiger partial charge in [0.25, 0.3) is 0 Å². The van der Waals surface area contributed by atoms with Crippen molar-refractivity contribution in [3.8, 4) is 5.75 Å². The summed E-state index contributed by atoms with van der Waals surface area (Å²) in [6.07, 6.45) is 1.60. The maximum Gasteiger partial charge on any atom is 0.232 e. The SMILES string of the molecule is CCOc1ccc([C@H](C)NC(=O)CCCN(c2ccc(F)cc2)S(C)(=O)=O)cc1. The van der Waals surface area contributed by atoms with Gasteiger partial charge in [-0.15, -0.1) is 0 Å². The lowest BCUT2D eigenvalue weighted by molar-refractivity contribution is -0.121. The molecule has 1 amide bonds. The van der Waals surface area contributed by atoms with Gasteiger partial charge in [-0.05, 0) is 62.2 Å². The number of anilines is 1. The first-order valence-corrected chi connectivity index (χ1v) is 11.3. The van der Waals surface area contributed by atoms with E-state index in [9.17, 15) is 17.6 Å². The van der Waals surface area contributed by atoms with Crippen LogP contribution in [0.2, 0.25) is 0 Å². The molecule has 1 N–H and O–H groups in total. The summed E-state index contributed by atoms with van der Waals surface area (Å²) < 4.78 is 43.8. The number of benzene rings is 2. The first-order chi connectivity index (χ1) is 13.7. The van der Waals surface area contributed by atoms with Gasteiger partial charge >= 0.3 is 0 Å². The summed E-state index contributed by atoms with van der Waals surface area (Å²) in [4.78, 5) is 12.3. The molecule has 0 aliphatic heterocycles. The molecule has 0 bridgehead atoms. The standard InChI is InChI=1S/C21H27FN2O4S/c1-4-28-20-13-7-17(8-14-20)16(2)23-21(25)6-5-15-24(29(3,26)27)19-11-9-18(22)10-12-19/h7-14,16H,4-6,15H2,1-3H3,(H,23,25)/t16-/m0/s1. The van der Waals surface area contributed by atoms with Crippen molar-refractivity contribution in [2.24, 2.45) is 0 Å². The van der Waals surface area contributed by atoms with Crippen LogP contribution in [0.4, 0.5) is 10.1 Å². The number of amides is 1. The van der Waals surface area contributed by atoms with E-state index in [4.69, 9.17) is 4.74 Å². The molecule has 158 valence electrons. The summed E-state index contributed by atoms with van der Waals surface area (Å²) in [5.74, 6) is 0.167. The number of carbonyl (C=O) groups is 1. The fraction of sp³-hybridized carbons (Fsp3) is 0.381. The van der Waals surface area contributed by atoms with E-state index >= 15 is 0 Å². The molecule has 2 aromatic rings. The van der Waals surface area contributed by atoms with Gasteiger partial charge in [0.1, 0.15) is 11.6 Å². The highest BCUT2D eigenvalue weighted by atomic mass is 32.2. The highest BCUT2D eigenvalue weighted by Gasteiger charge is 2.18. The molecule has 0 spiro atoms. The maximum atomic E-state index is 13.1. The zero-order valence-corrected chi connectivity index (χ0v) is 17.7. The average Bonchev–Trinajstić information content (AvgIpc) is 2.66. The number of sulfonamides is 1. The smallest absolute Gasteiger partial charge is 0.232 e. The van der Waals surface area contributed by atoms with Crippen LogP contribution in [0.5, 0.6) is 5.75 Å². The van der Waals surface area contributed by atoms with Crippen molar-refractivity contribution in [3.05, 3.63) is 59.9 Å². The Bertz CT molecular complexity index is 899. The zero-order valence-electron chi connectivity index (χ0n) is 16.9. The van der Waals surface area contributed by atoms with E-state index in [0.29, 0.717) is 18.7 Å². The van der Waals surface area contributed by atoms with Crippen LogP contribution >= 0.6 is 0 Å². The minimum absolute atomic E-state index is 0.134. The van der Waals surface area contributed by atoms with Gasteiger partial charge in [0, 0.05) is 13.0 Å². The van der Waals surface area contributed by atoms with Gasteiger partial charge in [-0.25, -0.2) is 12.8 Å². The summed E-state index contributed by atoms with van der Waals surface area (Å²) in [5, 5.41) is 2.91. The lowest BCUT2D eigenvalue weighted by Crippen LogP contribution is -2.32. The zero-order chi connectivity index (χ0) is 21.4. The van der Waals surface area contributed by atoms with Gasteiger partial charge in [0.15, 0.2) is 0 Å². The lowest BCUT2D eigenvalue weighted by Gasteiger charge is -2.22. The van der Waals surface area contributed by atoms with Gasteiger partial charge in [-0.3, -0.25) is 9.10 Å². The third kappa shape index (κ3) is 7.05. The van der Waals surface area contributed by atoms with Gasteiger partial charge in [0.2, 0.25) is 15.9 Å². The number of ether oxygens (including phenoxy) is 1. The number of carbonyl (C=O) groups excluding carboxylic acids is 1. The Labute approximate surface area is 171 Å². The highest BCUT2D eigenvalue weighted by Crippen LogP contribution is 2.20. The molecule has 0 saturated carbocycles.